The van der Waals surface area contributed by atoms with Crippen LogP contribution in [0.3, 0.4) is 0 Å². The lowest BCUT2D eigenvalue weighted by Gasteiger charge is -2.03. The molecule has 2 aromatic rings. The van der Waals surface area contributed by atoms with Crippen molar-refractivity contribution in [2.24, 2.45) is 0 Å². The van der Waals surface area contributed by atoms with E-state index in [1.54, 1.807) is 0 Å². The lowest BCUT2D eigenvalue weighted by Crippen LogP contribution is -2.18. The van der Waals surface area contributed by atoms with Gasteiger partial charge in [0.15, 0.2) is 0 Å². The van der Waals surface area contributed by atoms with E-state index in [0.29, 0.717) is 0 Å². The van der Waals surface area contributed by atoms with Gasteiger partial charge in [-0.1, -0.05) is 51.2 Å². The fourth-order valence-corrected chi connectivity index (χ4v) is 3.34. The molecule has 0 unspecified atom stereocenters. The van der Waals surface area contributed by atoms with Crippen LogP contribution in [0.2, 0.25) is 0 Å². The number of nitrogens with one attached hydrogen (secondary N) is 1. The van der Waals surface area contributed by atoms with Crippen molar-refractivity contribution in [2.45, 2.75) is 51.9 Å². The maximum atomic E-state index is 4.66. The highest BCUT2D eigenvalue weighted by Gasteiger charge is 2.02. The molecule has 2 rings (SSSR count). The summed E-state index contributed by atoms with van der Waals surface area (Å²) in [4.78, 5) is 4.66. The molecule has 20 heavy (non-hydrogen) atoms. The lowest BCUT2D eigenvalue weighted by atomic mass is 10.1. The van der Waals surface area contributed by atoms with E-state index in [-0.39, 0.29) is 0 Å². The van der Waals surface area contributed by atoms with Crippen LogP contribution in [0.1, 0.15) is 50.5 Å². The SMILES string of the molecule is CCCCCCCCNCCc1nc2ccccc2s1. The summed E-state index contributed by atoms with van der Waals surface area (Å²) in [5.74, 6) is 0. The van der Waals surface area contributed by atoms with Crippen molar-refractivity contribution in [1.82, 2.24) is 10.3 Å². The number of para-hydroxylation sites is 1. The van der Waals surface area contributed by atoms with Crippen molar-refractivity contribution in [3.8, 4) is 0 Å². The number of fused-ring (bicyclic) bond motifs is 1. The molecule has 0 radical (unpaired) electrons. The predicted molar refractivity (Wildman–Crippen MR) is 89.6 cm³/mol. The third-order valence-electron chi connectivity index (χ3n) is 3.56. The monoisotopic (exact) mass is 290 g/mol. The Morgan fingerprint density at radius 3 is 2.65 bits per heavy atom. The summed E-state index contributed by atoms with van der Waals surface area (Å²) in [7, 11) is 0. The molecular weight excluding hydrogens is 264 g/mol. The average molecular weight is 290 g/mol. The van der Waals surface area contributed by atoms with Gasteiger partial charge in [0.25, 0.3) is 0 Å². The van der Waals surface area contributed by atoms with Crippen LogP contribution in [0.25, 0.3) is 10.2 Å². The molecule has 0 aliphatic carbocycles. The molecule has 0 spiro atoms. The summed E-state index contributed by atoms with van der Waals surface area (Å²) in [5.41, 5.74) is 1.14. The maximum absolute atomic E-state index is 4.66. The molecule has 1 aromatic heterocycles. The lowest BCUT2D eigenvalue weighted by molar-refractivity contribution is 0.572. The summed E-state index contributed by atoms with van der Waals surface area (Å²) in [6, 6.07) is 8.39. The predicted octanol–water partition coefficient (Wildman–Crippen LogP) is 4.79. The third-order valence-corrected chi connectivity index (χ3v) is 4.66. The van der Waals surface area contributed by atoms with Crippen molar-refractivity contribution >= 4 is 21.6 Å². The molecule has 110 valence electrons. The summed E-state index contributed by atoms with van der Waals surface area (Å²) in [6.07, 6.45) is 9.26. The van der Waals surface area contributed by atoms with E-state index in [1.165, 1.54) is 48.2 Å². The van der Waals surface area contributed by atoms with Gasteiger partial charge in [-0.3, -0.25) is 0 Å². The summed E-state index contributed by atoms with van der Waals surface area (Å²) >= 11 is 1.82. The maximum Gasteiger partial charge on any atom is 0.0951 e. The molecule has 0 bridgehead atoms. The molecule has 3 heteroatoms. The van der Waals surface area contributed by atoms with Gasteiger partial charge in [0.2, 0.25) is 0 Å². The van der Waals surface area contributed by atoms with Crippen molar-refractivity contribution in [1.29, 1.82) is 0 Å². The molecule has 0 amide bonds. The molecule has 0 fully saturated rings. The van der Waals surface area contributed by atoms with E-state index < -0.39 is 0 Å². The average Bonchev–Trinajstić information content (AvgIpc) is 2.88. The Hall–Kier alpha value is -0.930. The number of aromatic nitrogens is 1. The molecule has 0 saturated carbocycles. The van der Waals surface area contributed by atoms with Crippen LogP contribution in [-0.4, -0.2) is 18.1 Å². The van der Waals surface area contributed by atoms with E-state index >= 15 is 0 Å². The van der Waals surface area contributed by atoms with Gasteiger partial charge >= 0.3 is 0 Å². The Balaban J connectivity index is 1.55. The van der Waals surface area contributed by atoms with Crippen molar-refractivity contribution in [2.75, 3.05) is 13.1 Å². The van der Waals surface area contributed by atoms with E-state index in [0.717, 1.165) is 25.0 Å². The minimum Gasteiger partial charge on any atom is -0.316 e. The second-order valence-corrected chi connectivity index (χ2v) is 6.46. The van der Waals surface area contributed by atoms with Crippen LogP contribution in [0.4, 0.5) is 0 Å². The number of unbranched alkanes of at least 4 members (excludes halogenated alkanes) is 5. The Morgan fingerprint density at radius 2 is 1.80 bits per heavy atom. The number of thiazole rings is 1. The second-order valence-electron chi connectivity index (χ2n) is 5.34. The van der Waals surface area contributed by atoms with Crippen molar-refractivity contribution in [3.63, 3.8) is 0 Å². The van der Waals surface area contributed by atoms with Crippen LogP contribution >= 0.6 is 11.3 Å². The van der Waals surface area contributed by atoms with E-state index in [2.05, 4.69) is 41.5 Å². The van der Waals surface area contributed by atoms with Crippen LogP contribution in [0.15, 0.2) is 24.3 Å². The van der Waals surface area contributed by atoms with Crippen LogP contribution in [0.5, 0.6) is 0 Å². The molecule has 1 heterocycles. The van der Waals surface area contributed by atoms with Crippen molar-refractivity contribution < 1.29 is 0 Å². The van der Waals surface area contributed by atoms with Crippen molar-refractivity contribution in [3.05, 3.63) is 29.3 Å². The first-order chi connectivity index (χ1) is 9.90. The summed E-state index contributed by atoms with van der Waals surface area (Å²) in [6.45, 7) is 4.47. The first-order valence-electron chi connectivity index (χ1n) is 7.95. The molecule has 1 N–H and O–H groups in total. The van der Waals surface area contributed by atoms with Gasteiger partial charge in [0.05, 0.1) is 15.2 Å². The topological polar surface area (TPSA) is 24.9 Å². The van der Waals surface area contributed by atoms with Crippen LogP contribution in [-0.2, 0) is 6.42 Å². The molecule has 0 atom stereocenters. The first kappa shape index (κ1) is 15.5. The van der Waals surface area contributed by atoms with Gasteiger partial charge in [-0.2, -0.15) is 0 Å². The Morgan fingerprint density at radius 1 is 1.00 bits per heavy atom. The van der Waals surface area contributed by atoms with Gasteiger partial charge in [-0.15, -0.1) is 11.3 Å². The van der Waals surface area contributed by atoms with Gasteiger partial charge < -0.3 is 5.32 Å². The number of benzene rings is 1. The highest BCUT2D eigenvalue weighted by atomic mass is 32.1. The van der Waals surface area contributed by atoms with E-state index in [4.69, 9.17) is 0 Å². The Bertz CT molecular complexity index is 459. The molecule has 0 aliphatic rings. The van der Waals surface area contributed by atoms with Gasteiger partial charge in [-0.25, -0.2) is 4.98 Å². The number of hydrogen-bond acceptors (Lipinski definition) is 3. The normalized spacial score (nSPS) is 11.2. The fourth-order valence-electron chi connectivity index (χ4n) is 2.38. The van der Waals surface area contributed by atoms with Gasteiger partial charge in [0.1, 0.15) is 0 Å². The molecule has 1 aromatic carbocycles. The van der Waals surface area contributed by atoms with Gasteiger partial charge in [0, 0.05) is 13.0 Å². The zero-order valence-electron chi connectivity index (χ0n) is 12.5. The minimum absolute atomic E-state index is 1.05. The molecule has 0 aliphatic heterocycles. The van der Waals surface area contributed by atoms with Crippen LogP contribution < -0.4 is 5.32 Å². The highest BCUT2D eigenvalue weighted by Crippen LogP contribution is 2.21. The number of hydrogen-bond donors (Lipinski definition) is 1. The van der Waals surface area contributed by atoms with Crippen LogP contribution in [0, 0.1) is 0 Å². The Kier molecular flexibility index (Phi) is 7.02. The number of nitrogens with zero attached hydrogens (tertiary/aromatic N) is 1. The Labute approximate surface area is 126 Å². The van der Waals surface area contributed by atoms with E-state index in [9.17, 15) is 0 Å². The standard InChI is InChI=1S/C17H26N2S/c1-2-3-4-5-6-9-13-18-14-12-17-19-15-10-7-8-11-16(15)20-17/h7-8,10-11,18H,2-6,9,12-14H2,1H3. The summed E-state index contributed by atoms with van der Waals surface area (Å²) < 4.78 is 1.30. The number of rotatable bonds is 10. The highest BCUT2D eigenvalue weighted by molar-refractivity contribution is 7.18. The fraction of sp³-hybridized carbons (Fsp3) is 0.588. The zero-order chi connectivity index (χ0) is 14.0. The largest absolute Gasteiger partial charge is 0.316 e. The van der Waals surface area contributed by atoms with E-state index in [1.807, 2.05) is 11.3 Å². The zero-order valence-corrected chi connectivity index (χ0v) is 13.3. The second kappa shape index (κ2) is 9.09. The third kappa shape index (κ3) is 5.22. The molecular formula is C17H26N2S. The quantitative estimate of drug-likeness (QED) is 0.636. The molecule has 0 saturated heterocycles. The smallest absolute Gasteiger partial charge is 0.0951 e. The van der Waals surface area contributed by atoms with Gasteiger partial charge in [-0.05, 0) is 25.1 Å². The molecule has 2 nitrogen and oxygen atoms in total. The minimum atomic E-state index is 1.05. The summed E-state index contributed by atoms with van der Waals surface area (Å²) in [5, 5.41) is 4.79. The first-order valence-corrected chi connectivity index (χ1v) is 8.77.